The van der Waals surface area contributed by atoms with E-state index in [-0.39, 0.29) is 17.3 Å². The summed E-state index contributed by atoms with van der Waals surface area (Å²) < 4.78 is 32.6. The van der Waals surface area contributed by atoms with E-state index in [0.29, 0.717) is 42.5 Å². The van der Waals surface area contributed by atoms with Gasteiger partial charge in [-0.2, -0.15) is 0 Å². The van der Waals surface area contributed by atoms with Crippen LogP contribution >= 0.6 is 11.6 Å². The highest BCUT2D eigenvalue weighted by atomic mass is 35.5. The first-order valence-corrected chi connectivity index (χ1v) is 12.1. The number of anilines is 1. The van der Waals surface area contributed by atoms with Gasteiger partial charge in [-0.3, -0.25) is 4.79 Å². The Morgan fingerprint density at radius 2 is 1.78 bits per heavy atom. The Hall–Kier alpha value is -2.81. The van der Waals surface area contributed by atoms with E-state index in [1.807, 2.05) is 25.1 Å². The van der Waals surface area contributed by atoms with Crippen molar-refractivity contribution < 1.29 is 17.6 Å². The number of nitrogens with one attached hydrogen (secondary N) is 1. The van der Waals surface area contributed by atoms with E-state index in [9.17, 15) is 13.2 Å². The molecule has 1 aliphatic rings. The molecule has 0 aliphatic carbocycles. The van der Waals surface area contributed by atoms with E-state index in [1.54, 1.807) is 29.2 Å². The lowest BCUT2D eigenvalue weighted by molar-refractivity contribution is 0.0746. The molecule has 4 rings (SSSR count). The van der Waals surface area contributed by atoms with Gasteiger partial charge in [0, 0.05) is 42.5 Å². The quantitative estimate of drug-likeness (QED) is 0.590. The summed E-state index contributed by atoms with van der Waals surface area (Å²) in [4.78, 5) is 17.0. The van der Waals surface area contributed by atoms with E-state index < -0.39 is 10.0 Å². The van der Waals surface area contributed by atoms with Crippen molar-refractivity contribution in [2.45, 2.75) is 18.4 Å². The smallest absolute Gasteiger partial charge is 0.253 e. The number of hydrogen-bond donors (Lipinski definition) is 1. The lowest BCUT2D eigenvalue weighted by Gasteiger charge is -2.37. The molecule has 2 aromatic carbocycles. The van der Waals surface area contributed by atoms with Crippen molar-refractivity contribution in [3.63, 3.8) is 0 Å². The number of amides is 1. The molecule has 1 aliphatic heterocycles. The molecule has 1 aromatic heterocycles. The van der Waals surface area contributed by atoms with Gasteiger partial charge in [-0.15, -0.1) is 0 Å². The van der Waals surface area contributed by atoms with Crippen molar-refractivity contribution in [3.8, 4) is 0 Å². The topological polar surface area (TPSA) is 82.9 Å². The van der Waals surface area contributed by atoms with Crippen molar-refractivity contribution in [2.75, 3.05) is 31.1 Å². The number of furan rings is 1. The number of aryl methyl sites for hydroxylation is 1. The Bertz CT molecular complexity index is 1190. The highest BCUT2D eigenvalue weighted by molar-refractivity contribution is 7.89. The molecule has 1 saturated heterocycles. The maximum Gasteiger partial charge on any atom is 0.253 e. The van der Waals surface area contributed by atoms with Gasteiger partial charge >= 0.3 is 0 Å². The molecular formula is C23H24ClN3O4S. The minimum Gasteiger partial charge on any atom is -0.468 e. The summed E-state index contributed by atoms with van der Waals surface area (Å²) >= 11 is 6.14. The van der Waals surface area contributed by atoms with E-state index in [1.165, 1.54) is 18.4 Å². The summed E-state index contributed by atoms with van der Waals surface area (Å²) in [6.45, 7) is 4.67. The number of benzene rings is 2. The van der Waals surface area contributed by atoms with Gasteiger partial charge in [0.25, 0.3) is 5.91 Å². The molecule has 0 unspecified atom stereocenters. The summed E-state index contributed by atoms with van der Waals surface area (Å²) in [5.41, 5.74) is 2.69. The second kappa shape index (κ2) is 9.36. The summed E-state index contributed by atoms with van der Waals surface area (Å²) in [7, 11) is -3.70. The summed E-state index contributed by atoms with van der Waals surface area (Å²) in [5.74, 6) is 0.410. The van der Waals surface area contributed by atoms with Crippen LogP contribution in [0.15, 0.2) is 70.2 Å². The van der Waals surface area contributed by atoms with Crippen LogP contribution in [0.3, 0.4) is 0 Å². The molecule has 2 heterocycles. The van der Waals surface area contributed by atoms with Gasteiger partial charge in [0.1, 0.15) is 5.76 Å². The van der Waals surface area contributed by atoms with Crippen LogP contribution in [0.1, 0.15) is 21.7 Å². The SMILES string of the molecule is Cc1ccc(Cl)cc1N1CCN(C(=O)c2ccc(S(=O)(=O)NCc3ccco3)cc2)CC1. The number of piperazine rings is 1. The van der Waals surface area contributed by atoms with Gasteiger partial charge in [0.15, 0.2) is 0 Å². The van der Waals surface area contributed by atoms with Crippen LogP contribution in [0.2, 0.25) is 5.02 Å². The van der Waals surface area contributed by atoms with Crippen molar-refractivity contribution in [3.05, 3.63) is 82.8 Å². The Balaban J connectivity index is 1.37. The average molecular weight is 474 g/mol. The van der Waals surface area contributed by atoms with Crippen molar-refractivity contribution in [2.24, 2.45) is 0 Å². The van der Waals surface area contributed by atoms with Crippen molar-refractivity contribution in [1.82, 2.24) is 9.62 Å². The standard InChI is InChI=1S/C23H24ClN3O4S/c1-17-4-7-19(24)15-22(17)26-10-12-27(13-11-26)23(28)18-5-8-21(9-6-18)32(29,30)25-16-20-3-2-14-31-20/h2-9,14-15,25H,10-13,16H2,1H3. The minimum atomic E-state index is -3.70. The third-order valence-electron chi connectivity index (χ3n) is 5.51. The lowest BCUT2D eigenvalue weighted by atomic mass is 10.1. The van der Waals surface area contributed by atoms with Gasteiger partial charge in [0.2, 0.25) is 10.0 Å². The molecule has 0 saturated carbocycles. The van der Waals surface area contributed by atoms with Crippen LogP contribution < -0.4 is 9.62 Å². The summed E-state index contributed by atoms with van der Waals surface area (Å²) in [6, 6.07) is 15.2. The minimum absolute atomic E-state index is 0.0619. The van der Waals surface area contributed by atoms with Crippen LogP contribution in [0.5, 0.6) is 0 Å². The maximum absolute atomic E-state index is 12.9. The largest absolute Gasteiger partial charge is 0.468 e. The Labute approximate surface area is 192 Å². The zero-order chi connectivity index (χ0) is 22.7. The van der Waals surface area contributed by atoms with Gasteiger partial charge in [-0.05, 0) is 61.0 Å². The Morgan fingerprint density at radius 1 is 1.06 bits per heavy atom. The lowest BCUT2D eigenvalue weighted by Crippen LogP contribution is -2.49. The molecule has 1 amide bonds. The van der Waals surface area contributed by atoms with E-state index in [0.717, 1.165) is 11.3 Å². The molecular weight excluding hydrogens is 450 g/mol. The third kappa shape index (κ3) is 4.98. The van der Waals surface area contributed by atoms with E-state index in [4.69, 9.17) is 16.0 Å². The maximum atomic E-state index is 12.9. The first-order valence-electron chi connectivity index (χ1n) is 10.3. The fraction of sp³-hybridized carbons (Fsp3) is 0.261. The van der Waals surface area contributed by atoms with Gasteiger partial charge in [0.05, 0.1) is 17.7 Å². The molecule has 0 spiro atoms. The molecule has 168 valence electrons. The fourth-order valence-electron chi connectivity index (χ4n) is 3.70. The fourth-order valence-corrected chi connectivity index (χ4v) is 4.86. The molecule has 0 atom stereocenters. The molecule has 3 aromatic rings. The second-order valence-corrected chi connectivity index (χ2v) is 9.84. The molecule has 9 heteroatoms. The number of halogens is 1. The van der Waals surface area contributed by atoms with Gasteiger partial charge < -0.3 is 14.2 Å². The molecule has 1 N–H and O–H groups in total. The third-order valence-corrected chi connectivity index (χ3v) is 7.16. The summed E-state index contributed by atoms with van der Waals surface area (Å²) in [5, 5.41) is 0.692. The monoisotopic (exact) mass is 473 g/mol. The zero-order valence-electron chi connectivity index (χ0n) is 17.6. The molecule has 1 fully saturated rings. The normalized spacial score (nSPS) is 14.6. The number of carbonyl (C=O) groups is 1. The van der Waals surface area contributed by atoms with E-state index in [2.05, 4.69) is 9.62 Å². The van der Waals surface area contributed by atoms with Crippen molar-refractivity contribution in [1.29, 1.82) is 0 Å². The summed E-state index contributed by atoms with van der Waals surface area (Å²) in [6.07, 6.45) is 1.49. The molecule has 32 heavy (non-hydrogen) atoms. The van der Waals surface area contributed by atoms with Gasteiger partial charge in [-0.1, -0.05) is 17.7 Å². The van der Waals surface area contributed by atoms with Crippen molar-refractivity contribution >= 4 is 33.2 Å². The highest BCUT2D eigenvalue weighted by Crippen LogP contribution is 2.25. The Kier molecular flexibility index (Phi) is 6.55. The Morgan fingerprint density at radius 3 is 2.44 bits per heavy atom. The predicted molar refractivity (Wildman–Crippen MR) is 123 cm³/mol. The number of carbonyl (C=O) groups excluding carboxylic acids is 1. The second-order valence-electron chi connectivity index (χ2n) is 7.64. The number of rotatable bonds is 6. The predicted octanol–water partition coefficient (Wildman–Crippen LogP) is 3.68. The number of nitrogens with zero attached hydrogens (tertiary/aromatic N) is 2. The first kappa shape index (κ1) is 22.4. The number of sulfonamides is 1. The highest BCUT2D eigenvalue weighted by Gasteiger charge is 2.24. The molecule has 7 nitrogen and oxygen atoms in total. The average Bonchev–Trinajstić information content (AvgIpc) is 3.33. The molecule has 0 bridgehead atoms. The molecule has 0 radical (unpaired) electrons. The van der Waals surface area contributed by atoms with Crippen LogP contribution in [-0.4, -0.2) is 45.4 Å². The van der Waals surface area contributed by atoms with Crippen LogP contribution in [0.4, 0.5) is 5.69 Å². The first-order chi connectivity index (χ1) is 15.3. The van der Waals surface area contributed by atoms with E-state index >= 15 is 0 Å². The number of hydrogen-bond acceptors (Lipinski definition) is 5. The van der Waals surface area contributed by atoms with Gasteiger partial charge in [-0.25, -0.2) is 13.1 Å². The van der Waals surface area contributed by atoms with Crippen LogP contribution in [0, 0.1) is 6.92 Å². The zero-order valence-corrected chi connectivity index (χ0v) is 19.2. The van der Waals surface area contributed by atoms with Crippen LogP contribution in [0.25, 0.3) is 0 Å². The van der Waals surface area contributed by atoms with Crippen LogP contribution in [-0.2, 0) is 16.6 Å².